The maximum atomic E-state index is 14.0. The zero-order chi connectivity index (χ0) is 14.5. The number of benzene rings is 1. The maximum absolute atomic E-state index is 14.0. The molecule has 0 bridgehead atoms. The number of hydrogen-bond donors (Lipinski definition) is 2. The molecule has 0 saturated carbocycles. The number of nitrogens with one attached hydrogen (secondary N) is 1. The van der Waals surface area contributed by atoms with E-state index in [-0.39, 0.29) is 11.1 Å². The lowest BCUT2D eigenvalue weighted by Gasteiger charge is -2.18. The van der Waals surface area contributed by atoms with Crippen LogP contribution in [0.15, 0.2) is 36.5 Å². The van der Waals surface area contributed by atoms with Crippen molar-refractivity contribution in [3.8, 4) is 0 Å². The second-order valence-corrected chi connectivity index (χ2v) is 4.94. The third kappa shape index (κ3) is 3.15. The van der Waals surface area contributed by atoms with Gasteiger partial charge in [-0.05, 0) is 36.1 Å². The summed E-state index contributed by atoms with van der Waals surface area (Å²) in [6, 6.07) is 8.60. The Morgan fingerprint density at radius 1 is 1.30 bits per heavy atom. The third-order valence-electron chi connectivity index (χ3n) is 3.29. The lowest BCUT2D eigenvalue weighted by atomic mass is 9.98. The number of halogens is 2. The van der Waals surface area contributed by atoms with Gasteiger partial charge in [0, 0.05) is 6.20 Å². The Labute approximate surface area is 122 Å². The van der Waals surface area contributed by atoms with Crippen molar-refractivity contribution in [3.05, 3.63) is 64.2 Å². The molecule has 1 atom stereocenters. The Morgan fingerprint density at radius 2 is 2.05 bits per heavy atom. The first-order chi connectivity index (χ1) is 9.67. The molecule has 0 aliphatic heterocycles. The normalized spacial score (nSPS) is 12.4. The molecule has 1 aromatic carbocycles. The molecule has 20 heavy (non-hydrogen) atoms. The van der Waals surface area contributed by atoms with Gasteiger partial charge in [0.1, 0.15) is 5.82 Å². The quantitative estimate of drug-likeness (QED) is 0.657. The van der Waals surface area contributed by atoms with Crippen LogP contribution in [0, 0.1) is 5.82 Å². The van der Waals surface area contributed by atoms with E-state index < -0.39 is 5.82 Å². The van der Waals surface area contributed by atoms with Crippen molar-refractivity contribution in [2.24, 2.45) is 5.84 Å². The van der Waals surface area contributed by atoms with Crippen LogP contribution in [-0.2, 0) is 12.8 Å². The van der Waals surface area contributed by atoms with Crippen LogP contribution in [-0.4, -0.2) is 4.98 Å². The van der Waals surface area contributed by atoms with Gasteiger partial charge in [-0.25, -0.2) is 4.39 Å². The largest absolute Gasteiger partial charge is 0.271 e. The van der Waals surface area contributed by atoms with Crippen LogP contribution < -0.4 is 11.3 Å². The molecule has 1 heterocycles. The highest BCUT2D eigenvalue weighted by atomic mass is 35.5. The molecule has 3 N–H and O–H groups in total. The molecule has 1 unspecified atom stereocenters. The van der Waals surface area contributed by atoms with Crippen LogP contribution in [0.25, 0.3) is 0 Å². The highest BCUT2D eigenvalue weighted by Crippen LogP contribution is 2.24. The van der Waals surface area contributed by atoms with Crippen molar-refractivity contribution in [3.63, 3.8) is 0 Å². The van der Waals surface area contributed by atoms with Crippen LogP contribution in [0.2, 0.25) is 5.02 Å². The van der Waals surface area contributed by atoms with Crippen molar-refractivity contribution < 1.29 is 4.39 Å². The summed E-state index contributed by atoms with van der Waals surface area (Å²) in [5, 5.41) is 0.120. The maximum Gasteiger partial charge on any atom is 0.145 e. The number of aryl methyl sites for hydroxylation is 1. The van der Waals surface area contributed by atoms with Gasteiger partial charge >= 0.3 is 0 Å². The zero-order valence-corrected chi connectivity index (χ0v) is 12.0. The van der Waals surface area contributed by atoms with E-state index in [9.17, 15) is 4.39 Å². The van der Waals surface area contributed by atoms with Gasteiger partial charge in [-0.3, -0.25) is 16.3 Å². The Morgan fingerprint density at radius 3 is 2.75 bits per heavy atom. The predicted molar refractivity (Wildman–Crippen MR) is 78.8 cm³/mol. The smallest absolute Gasteiger partial charge is 0.145 e. The highest BCUT2D eigenvalue weighted by Gasteiger charge is 2.18. The van der Waals surface area contributed by atoms with Crippen LogP contribution in [0.5, 0.6) is 0 Å². The van der Waals surface area contributed by atoms with Gasteiger partial charge in [0.15, 0.2) is 0 Å². The molecule has 0 aliphatic rings. The summed E-state index contributed by atoms with van der Waals surface area (Å²) in [5.74, 6) is 5.22. The number of nitrogens with zero attached hydrogens (tertiary/aromatic N) is 1. The average Bonchev–Trinajstić information content (AvgIpc) is 2.49. The lowest BCUT2D eigenvalue weighted by molar-refractivity contribution is 0.515. The van der Waals surface area contributed by atoms with E-state index in [4.69, 9.17) is 17.4 Å². The second-order valence-electron chi connectivity index (χ2n) is 4.54. The van der Waals surface area contributed by atoms with E-state index in [0.717, 1.165) is 17.7 Å². The second kappa shape index (κ2) is 6.79. The molecule has 0 amide bonds. The van der Waals surface area contributed by atoms with Crippen molar-refractivity contribution in [2.75, 3.05) is 0 Å². The summed E-state index contributed by atoms with van der Waals surface area (Å²) < 4.78 is 14.0. The van der Waals surface area contributed by atoms with Crippen LogP contribution in [0.1, 0.15) is 29.8 Å². The molecular formula is C15H17ClFN3. The first-order valence-electron chi connectivity index (χ1n) is 6.50. The molecule has 5 heteroatoms. The van der Waals surface area contributed by atoms with Crippen molar-refractivity contribution in [1.82, 2.24) is 10.4 Å². The van der Waals surface area contributed by atoms with Gasteiger partial charge in [-0.15, -0.1) is 0 Å². The summed E-state index contributed by atoms with van der Waals surface area (Å²) in [7, 11) is 0. The summed E-state index contributed by atoms with van der Waals surface area (Å²) in [6.07, 6.45) is 2.96. The molecule has 3 nitrogen and oxygen atoms in total. The van der Waals surface area contributed by atoms with E-state index >= 15 is 0 Å². The van der Waals surface area contributed by atoms with Gasteiger partial charge in [0.05, 0.1) is 16.8 Å². The van der Waals surface area contributed by atoms with E-state index in [1.807, 2.05) is 19.1 Å². The Hall–Kier alpha value is -1.49. The SMILES string of the molecule is CCc1cccnc1C(Cc1cccc(Cl)c1F)NN. The summed E-state index contributed by atoms with van der Waals surface area (Å²) in [4.78, 5) is 4.37. The first kappa shape index (κ1) is 14.9. The number of rotatable bonds is 5. The van der Waals surface area contributed by atoms with Crippen LogP contribution in [0.4, 0.5) is 4.39 Å². The van der Waals surface area contributed by atoms with Crippen LogP contribution in [0.3, 0.4) is 0 Å². The molecule has 106 valence electrons. The lowest BCUT2D eigenvalue weighted by Crippen LogP contribution is -2.31. The first-order valence-corrected chi connectivity index (χ1v) is 6.88. The standard InChI is InChI=1S/C15H17ClFN3/c1-2-10-6-4-8-19-15(10)13(20-18)9-11-5-3-7-12(16)14(11)17/h3-8,13,20H,2,9,18H2,1H3. The van der Waals surface area contributed by atoms with Crippen molar-refractivity contribution in [1.29, 1.82) is 0 Å². The van der Waals surface area contributed by atoms with Crippen molar-refractivity contribution >= 4 is 11.6 Å². The summed E-state index contributed by atoms with van der Waals surface area (Å²) in [5.41, 5.74) is 5.18. The monoisotopic (exact) mass is 293 g/mol. The van der Waals surface area contributed by atoms with E-state index in [2.05, 4.69) is 10.4 Å². The molecule has 0 fully saturated rings. The molecule has 0 saturated heterocycles. The van der Waals surface area contributed by atoms with Gasteiger partial charge in [-0.1, -0.05) is 36.7 Å². The fourth-order valence-electron chi connectivity index (χ4n) is 2.22. The molecule has 2 rings (SSSR count). The number of aromatic nitrogens is 1. The highest BCUT2D eigenvalue weighted by molar-refractivity contribution is 6.30. The average molecular weight is 294 g/mol. The van der Waals surface area contributed by atoms with Crippen molar-refractivity contribution in [2.45, 2.75) is 25.8 Å². The molecule has 0 radical (unpaired) electrons. The molecule has 0 aliphatic carbocycles. The minimum atomic E-state index is -0.400. The topological polar surface area (TPSA) is 50.9 Å². The van der Waals surface area contributed by atoms with Gasteiger partial charge in [0.25, 0.3) is 0 Å². The Kier molecular flexibility index (Phi) is 5.06. The zero-order valence-electron chi connectivity index (χ0n) is 11.2. The Bertz CT molecular complexity index is 589. The van der Waals surface area contributed by atoms with Crippen LogP contribution >= 0.6 is 11.6 Å². The minimum absolute atomic E-state index is 0.120. The van der Waals surface area contributed by atoms with E-state index in [1.54, 1.807) is 18.3 Å². The fraction of sp³-hybridized carbons (Fsp3) is 0.267. The van der Waals surface area contributed by atoms with E-state index in [1.165, 1.54) is 6.07 Å². The van der Waals surface area contributed by atoms with Gasteiger partial charge < -0.3 is 0 Å². The number of nitrogens with two attached hydrogens (primary N) is 1. The molecule has 1 aromatic heterocycles. The predicted octanol–water partition coefficient (Wildman–Crippen LogP) is 3.18. The summed E-state index contributed by atoms with van der Waals surface area (Å²) in [6.45, 7) is 2.05. The third-order valence-corrected chi connectivity index (χ3v) is 3.59. The fourth-order valence-corrected chi connectivity index (χ4v) is 2.42. The van der Waals surface area contributed by atoms with E-state index in [0.29, 0.717) is 12.0 Å². The van der Waals surface area contributed by atoms with Gasteiger partial charge in [-0.2, -0.15) is 0 Å². The minimum Gasteiger partial charge on any atom is -0.271 e. The molecule has 0 spiro atoms. The molecular weight excluding hydrogens is 277 g/mol. The number of hydrazine groups is 1. The summed E-state index contributed by atoms with van der Waals surface area (Å²) >= 11 is 5.80. The van der Waals surface area contributed by atoms with Gasteiger partial charge in [0.2, 0.25) is 0 Å². The Balaban J connectivity index is 2.31. The molecule has 2 aromatic rings. The number of pyridine rings is 1. The number of hydrogen-bond acceptors (Lipinski definition) is 3.